The van der Waals surface area contributed by atoms with Crippen molar-refractivity contribution in [3.63, 3.8) is 0 Å². The number of benzene rings is 2. The van der Waals surface area contributed by atoms with Crippen LogP contribution in [-0.4, -0.2) is 54.2 Å². The first-order chi connectivity index (χ1) is 14.2. The van der Waals surface area contributed by atoms with Crippen molar-refractivity contribution in [3.05, 3.63) is 72.1 Å². The van der Waals surface area contributed by atoms with Crippen LogP contribution in [0, 0.1) is 0 Å². The van der Waals surface area contributed by atoms with Crippen LogP contribution in [-0.2, 0) is 6.54 Å². The quantitative estimate of drug-likeness (QED) is 0.603. The third-order valence-corrected chi connectivity index (χ3v) is 5.19. The topological polar surface area (TPSA) is 76.3 Å². The van der Waals surface area contributed by atoms with Crippen molar-refractivity contribution >= 4 is 23.0 Å². The maximum atomic E-state index is 12.7. The normalized spacial score (nSPS) is 14.6. The van der Waals surface area contributed by atoms with Crippen molar-refractivity contribution in [1.29, 1.82) is 0 Å². The number of hydrogen-bond donors (Lipinski definition) is 3. The average Bonchev–Trinajstić information content (AvgIpc) is 3.23. The number of aromatic nitrogens is 2. The summed E-state index contributed by atoms with van der Waals surface area (Å²) in [6.07, 6.45) is 1.63. The maximum absolute atomic E-state index is 12.7. The van der Waals surface area contributed by atoms with Gasteiger partial charge in [-0.25, -0.2) is 0 Å². The molecule has 0 saturated carbocycles. The van der Waals surface area contributed by atoms with Crippen molar-refractivity contribution in [2.75, 3.05) is 48.8 Å². The zero-order valence-corrected chi connectivity index (χ0v) is 16.6. The van der Waals surface area contributed by atoms with Crippen LogP contribution in [0.4, 0.5) is 17.1 Å². The van der Waals surface area contributed by atoms with Crippen LogP contribution in [0.15, 0.2) is 60.8 Å². The maximum Gasteiger partial charge on any atom is 0.275 e. The zero-order chi connectivity index (χ0) is 20.1. The third-order valence-electron chi connectivity index (χ3n) is 5.19. The highest BCUT2D eigenvalue weighted by atomic mass is 16.2. The lowest BCUT2D eigenvalue weighted by molar-refractivity contribution is 0.102. The Labute approximate surface area is 170 Å². The first-order valence-electron chi connectivity index (χ1n) is 9.85. The number of H-pyrrole nitrogens is 1. The molecule has 1 amide bonds. The monoisotopic (exact) mass is 390 g/mol. The minimum absolute atomic E-state index is 0.217. The molecule has 2 aromatic carbocycles. The number of nitrogens with one attached hydrogen (secondary N) is 3. The van der Waals surface area contributed by atoms with Crippen LogP contribution in [0.2, 0.25) is 0 Å². The predicted molar refractivity (Wildman–Crippen MR) is 116 cm³/mol. The molecule has 7 heteroatoms. The molecular weight excluding hydrogens is 364 g/mol. The van der Waals surface area contributed by atoms with Gasteiger partial charge in [0.05, 0.1) is 11.9 Å². The van der Waals surface area contributed by atoms with Crippen LogP contribution in [0.25, 0.3) is 0 Å². The van der Waals surface area contributed by atoms with Crippen molar-refractivity contribution in [3.8, 4) is 0 Å². The number of piperazine rings is 1. The fourth-order valence-corrected chi connectivity index (χ4v) is 3.40. The Balaban J connectivity index is 1.36. The van der Waals surface area contributed by atoms with E-state index in [1.165, 1.54) is 5.69 Å². The zero-order valence-electron chi connectivity index (χ0n) is 16.6. The van der Waals surface area contributed by atoms with Crippen LogP contribution in [0.1, 0.15) is 16.1 Å². The minimum atomic E-state index is -0.217. The summed E-state index contributed by atoms with van der Waals surface area (Å²) in [4.78, 5) is 17.4. The lowest BCUT2D eigenvalue weighted by Crippen LogP contribution is -2.44. The van der Waals surface area contributed by atoms with Crippen molar-refractivity contribution < 1.29 is 4.79 Å². The van der Waals surface area contributed by atoms with E-state index in [0.717, 1.165) is 37.4 Å². The lowest BCUT2D eigenvalue weighted by Gasteiger charge is -2.34. The molecule has 0 bridgehead atoms. The van der Waals surface area contributed by atoms with Gasteiger partial charge in [-0.05, 0) is 36.9 Å². The Morgan fingerprint density at radius 1 is 1.03 bits per heavy atom. The highest BCUT2D eigenvalue weighted by Gasteiger charge is 2.16. The molecular formula is C22H26N6O. The van der Waals surface area contributed by atoms with Crippen molar-refractivity contribution in [2.24, 2.45) is 0 Å². The SMILES string of the molecule is CN1CCN(c2ccc(NC(=O)c3[nH]ncc3NCc3ccccc3)cc2)CC1. The molecule has 0 radical (unpaired) electrons. The number of nitrogens with zero attached hydrogens (tertiary/aromatic N) is 3. The largest absolute Gasteiger partial charge is 0.378 e. The third kappa shape index (κ3) is 4.75. The summed E-state index contributed by atoms with van der Waals surface area (Å²) in [6, 6.07) is 18.0. The van der Waals surface area contributed by atoms with Gasteiger partial charge in [-0.2, -0.15) is 5.10 Å². The van der Waals surface area contributed by atoms with Crippen molar-refractivity contribution in [1.82, 2.24) is 15.1 Å². The summed E-state index contributed by atoms with van der Waals surface area (Å²) in [5, 5.41) is 13.0. The lowest BCUT2D eigenvalue weighted by atomic mass is 10.2. The van der Waals surface area contributed by atoms with E-state index in [1.807, 2.05) is 42.5 Å². The number of aromatic amines is 1. The number of rotatable bonds is 6. The van der Waals surface area contributed by atoms with Crippen LogP contribution < -0.4 is 15.5 Å². The number of carbonyl (C=O) groups excluding carboxylic acids is 1. The summed E-state index contributed by atoms with van der Waals surface area (Å²) in [5.41, 5.74) is 4.18. The van der Waals surface area contributed by atoms with Gasteiger partial charge >= 0.3 is 0 Å². The number of likely N-dealkylation sites (N-methyl/N-ethyl adjacent to an activating group) is 1. The van der Waals surface area contributed by atoms with E-state index in [0.29, 0.717) is 17.9 Å². The molecule has 29 heavy (non-hydrogen) atoms. The molecule has 3 aromatic rings. The van der Waals surface area contributed by atoms with Gasteiger partial charge in [0, 0.05) is 44.1 Å². The molecule has 1 aromatic heterocycles. The van der Waals surface area contributed by atoms with Gasteiger partial charge in [0.25, 0.3) is 5.91 Å². The fourth-order valence-electron chi connectivity index (χ4n) is 3.40. The van der Waals surface area contributed by atoms with E-state index in [2.05, 4.69) is 49.8 Å². The van der Waals surface area contributed by atoms with Crippen LogP contribution in [0.3, 0.4) is 0 Å². The first kappa shape index (κ1) is 19.0. The standard InChI is InChI=1S/C22H26N6O/c1-27-11-13-28(14-12-27)19-9-7-18(8-10-19)25-22(29)21-20(16-24-26-21)23-15-17-5-3-2-4-6-17/h2-10,16,23H,11-15H2,1H3,(H,24,26)(H,25,29). The molecule has 2 heterocycles. The highest BCUT2D eigenvalue weighted by molar-refractivity contribution is 6.06. The molecule has 150 valence electrons. The second kappa shape index (κ2) is 8.79. The van der Waals surface area contributed by atoms with Gasteiger partial charge in [-0.15, -0.1) is 0 Å². The molecule has 3 N–H and O–H groups in total. The van der Waals surface area contributed by atoms with Crippen LogP contribution in [0.5, 0.6) is 0 Å². The average molecular weight is 390 g/mol. The Bertz CT molecular complexity index is 929. The van der Waals surface area contributed by atoms with E-state index in [9.17, 15) is 4.79 Å². The minimum Gasteiger partial charge on any atom is -0.378 e. The molecule has 4 rings (SSSR count). The molecule has 0 atom stereocenters. The Morgan fingerprint density at radius 3 is 2.48 bits per heavy atom. The summed E-state index contributed by atoms with van der Waals surface area (Å²) < 4.78 is 0. The highest BCUT2D eigenvalue weighted by Crippen LogP contribution is 2.21. The van der Waals surface area contributed by atoms with E-state index in [-0.39, 0.29) is 5.91 Å². The van der Waals surface area contributed by atoms with Crippen LogP contribution >= 0.6 is 0 Å². The molecule has 1 saturated heterocycles. The first-order valence-corrected chi connectivity index (χ1v) is 9.85. The number of anilines is 3. The predicted octanol–water partition coefficient (Wildman–Crippen LogP) is 3.03. The molecule has 1 fully saturated rings. The molecule has 0 spiro atoms. The molecule has 7 nitrogen and oxygen atoms in total. The molecule has 1 aliphatic rings. The molecule has 1 aliphatic heterocycles. The summed E-state index contributed by atoms with van der Waals surface area (Å²) in [6.45, 7) is 4.80. The van der Waals surface area contributed by atoms with Gasteiger partial charge in [0.1, 0.15) is 5.69 Å². The van der Waals surface area contributed by atoms with Gasteiger partial charge in [-0.1, -0.05) is 30.3 Å². The molecule has 0 unspecified atom stereocenters. The number of carbonyl (C=O) groups is 1. The smallest absolute Gasteiger partial charge is 0.275 e. The van der Waals surface area contributed by atoms with Gasteiger partial charge in [0.15, 0.2) is 0 Å². The van der Waals surface area contributed by atoms with E-state index >= 15 is 0 Å². The fraction of sp³-hybridized carbons (Fsp3) is 0.273. The van der Waals surface area contributed by atoms with E-state index in [1.54, 1.807) is 6.20 Å². The second-order valence-electron chi connectivity index (χ2n) is 7.29. The second-order valence-corrected chi connectivity index (χ2v) is 7.29. The van der Waals surface area contributed by atoms with Crippen molar-refractivity contribution in [2.45, 2.75) is 6.54 Å². The number of amides is 1. The Morgan fingerprint density at radius 2 is 1.76 bits per heavy atom. The molecule has 0 aliphatic carbocycles. The van der Waals surface area contributed by atoms with Gasteiger partial charge < -0.3 is 20.4 Å². The Hall–Kier alpha value is -3.32. The van der Waals surface area contributed by atoms with E-state index < -0.39 is 0 Å². The Kier molecular flexibility index (Phi) is 5.76. The van der Waals surface area contributed by atoms with Gasteiger partial charge in [-0.3, -0.25) is 9.89 Å². The summed E-state index contributed by atoms with van der Waals surface area (Å²) >= 11 is 0. The summed E-state index contributed by atoms with van der Waals surface area (Å²) in [7, 11) is 2.15. The van der Waals surface area contributed by atoms with E-state index in [4.69, 9.17) is 0 Å². The summed E-state index contributed by atoms with van der Waals surface area (Å²) in [5.74, 6) is -0.217. The number of hydrogen-bond acceptors (Lipinski definition) is 5. The van der Waals surface area contributed by atoms with Gasteiger partial charge in [0.2, 0.25) is 0 Å².